The van der Waals surface area contributed by atoms with Gasteiger partial charge in [-0.15, -0.1) is 0 Å². The second-order valence-electron chi connectivity index (χ2n) is 7.24. The van der Waals surface area contributed by atoms with Crippen molar-refractivity contribution in [3.63, 3.8) is 0 Å². The van der Waals surface area contributed by atoms with E-state index in [2.05, 4.69) is 19.2 Å². The zero-order valence-corrected chi connectivity index (χ0v) is 14.2. The highest BCUT2D eigenvalue weighted by atomic mass is 16.2. The highest BCUT2D eigenvalue weighted by molar-refractivity contribution is 5.94. The topological polar surface area (TPSA) is 46.2 Å². The van der Waals surface area contributed by atoms with Gasteiger partial charge in [0.25, 0.3) is 5.91 Å². The van der Waals surface area contributed by atoms with Crippen molar-refractivity contribution >= 4 is 11.7 Å². The molecule has 1 fully saturated rings. The lowest BCUT2D eigenvalue weighted by Crippen LogP contribution is -2.52. The predicted octanol–water partition coefficient (Wildman–Crippen LogP) is 3.96. The van der Waals surface area contributed by atoms with Crippen LogP contribution in [-0.4, -0.2) is 17.7 Å². The second kappa shape index (κ2) is 6.60. The lowest BCUT2D eigenvalue weighted by atomic mass is 9.65. The minimum atomic E-state index is -0.277. The largest absolute Gasteiger partial charge is 0.348 e. The first-order valence-electron chi connectivity index (χ1n) is 8.40. The molecule has 1 amide bonds. The molecule has 2 aromatic carbocycles. The lowest BCUT2D eigenvalue weighted by molar-refractivity contribution is -0.124. The number of carbonyl (C=O) groups excluding carboxylic acids is 2. The van der Waals surface area contributed by atoms with Gasteiger partial charge in [-0.3, -0.25) is 9.59 Å². The van der Waals surface area contributed by atoms with E-state index in [1.165, 1.54) is 0 Å². The maximum Gasteiger partial charge on any atom is 0.251 e. The summed E-state index contributed by atoms with van der Waals surface area (Å²) in [5, 5.41) is 3.20. The molecular formula is C21H23NO2. The van der Waals surface area contributed by atoms with Crippen molar-refractivity contribution in [2.75, 3.05) is 0 Å². The van der Waals surface area contributed by atoms with Gasteiger partial charge in [0, 0.05) is 30.4 Å². The first kappa shape index (κ1) is 16.4. The number of hydrogen-bond donors (Lipinski definition) is 1. The molecule has 3 heteroatoms. The average Bonchev–Trinajstić information content (AvgIpc) is 2.58. The number of carbonyl (C=O) groups is 2. The van der Waals surface area contributed by atoms with Crippen LogP contribution in [0.3, 0.4) is 0 Å². The quantitative estimate of drug-likeness (QED) is 0.930. The van der Waals surface area contributed by atoms with Gasteiger partial charge in [-0.1, -0.05) is 62.4 Å². The van der Waals surface area contributed by atoms with Crippen molar-refractivity contribution in [3.05, 3.63) is 71.8 Å². The van der Waals surface area contributed by atoms with Gasteiger partial charge < -0.3 is 5.32 Å². The van der Waals surface area contributed by atoms with E-state index in [4.69, 9.17) is 0 Å². The Morgan fingerprint density at radius 3 is 2.21 bits per heavy atom. The highest BCUT2D eigenvalue weighted by Gasteiger charge is 2.43. The second-order valence-corrected chi connectivity index (χ2v) is 7.24. The number of nitrogens with one attached hydrogen (secondary N) is 1. The van der Waals surface area contributed by atoms with Crippen molar-refractivity contribution in [2.45, 2.75) is 38.6 Å². The summed E-state index contributed by atoms with van der Waals surface area (Å²) in [6.45, 7) is 4.13. The van der Waals surface area contributed by atoms with E-state index in [9.17, 15) is 9.59 Å². The minimum absolute atomic E-state index is 0.00936. The van der Waals surface area contributed by atoms with Crippen molar-refractivity contribution in [1.82, 2.24) is 5.32 Å². The van der Waals surface area contributed by atoms with Crippen LogP contribution in [0.5, 0.6) is 0 Å². The third-order valence-electron chi connectivity index (χ3n) is 4.89. The van der Waals surface area contributed by atoms with Gasteiger partial charge in [0.2, 0.25) is 0 Å². The first-order chi connectivity index (χ1) is 11.5. The van der Waals surface area contributed by atoms with Gasteiger partial charge in [-0.25, -0.2) is 0 Å². The fourth-order valence-corrected chi connectivity index (χ4v) is 3.72. The Kier molecular flexibility index (Phi) is 4.52. The normalized spacial score (nSPS) is 22.8. The van der Waals surface area contributed by atoms with Gasteiger partial charge in [-0.05, 0) is 23.1 Å². The smallest absolute Gasteiger partial charge is 0.251 e. The van der Waals surface area contributed by atoms with Crippen LogP contribution < -0.4 is 5.32 Å². The summed E-state index contributed by atoms with van der Waals surface area (Å²) in [5.41, 5.74) is 1.48. The van der Waals surface area contributed by atoms with E-state index in [0.29, 0.717) is 18.4 Å². The molecule has 0 aromatic heterocycles. The zero-order chi connectivity index (χ0) is 17.2. The molecule has 3 rings (SSSR count). The van der Waals surface area contributed by atoms with E-state index < -0.39 is 0 Å². The van der Waals surface area contributed by atoms with Crippen LogP contribution in [0.1, 0.15) is 48.5 Å². The van der Waals surface area contributed by atoms with Crippen LogP contribution in [-0.2, 0) is 4.79 Å². The molecule has 0 unspecified atom stereocenters. The van der Waals surface area contributed by atoms with Crippen LogP contribution in [0.4, 0.5) is 0 Å². The molecule has 124 valence electrons. The first-order valence-corrected chi connectivity index (χ1v) is 8.40. The van der Waals surface area contributed by atoms with Crippen LogP contribution >= 0.6 is 0 Å². The summed E-state index contributed by atoms with van der Waals surface area (Å²) in [6, 6.07) is 19.2. The van der Waals surface area contributed by atoms with Crippen molar-refractivity contribution in [2.24, 2.45) is 5.41 Å². The summed E-state index contributed by atoms with van der Waals surface area (Å²) < 4.78 is 0. The molecule has 0 aliphatic heterocycles. The molecule has 0 heterocycles. The summed E-state index contributed by atoms with van der Waals surface area (Å²) >= 11 is 0. The van der Waals surface area contributed by atoms with Gasteiger partial charge in [0.05, 0.1) is 0 Å². The van der Waals surface area contributed by atoms with Crippen molar-refractivity contribution in [1.29, 1.82) is 0 Å². The fraction of sp³-hybridized carbons (Fsp3) is 0.333. The number of rotatable bonds is 3. The van der Waals surface area contributed by atoms with Crippen LogP contribution in [0.25, 0.3) is 0 Å². The Labute approximate surface area is 143 Å². The third kappa shape index (κ3) is 3.40. The SMILES string of the molecule is CC1(C)CC(=O)C[C@@H](c2ccccc2)[C@@H]1NC(=O)c1ccccc1. The molecule has 0 radical (unpaired) electrons. The van der Waals surface area contributed by atoms with Gasteiger partial charge in [-0.2, -0.15) is 0 Å². The summed E-state index contributed by atoms with van der Waals surface area (Å²) in [4.78, 5) is 24.9. The third-order valence-corrected chi connectivity index (χ3v) is 4.89. The van der Waals surface area contributed by atoms with E-state index in [1.54, 1.807) is 0 Å². The number of ketones is 1. The van der Waals surface area contributed by atoms with E-state index >= 15 is 0 Å². The summed E-state index contributed by atoms with van der Waals surface area (Å²) in [6.07, 6.45) is 0.975. The molecule has 2 aromatic rings. The molecule has 0 bridgehead atoms. The van der Waals surface area contributed by atoms with Crippen LogP contribution in [0.2, 0.25) is 0 Å². The Hall–Kier alpha value is -2.42. The predicted molar refractivity (Wildman–Crippen MR) is 94.9 cm³/mol. The number of Topliss-reactive ketones (excluding diaryl/α,β-unsaturated/α-hetero) is 1. The molecular weight excluding hydrogens is 298 g/mol. The lowest BCUT2D eigenvalue weighted by Gasteiger charge is -2.44. The number of hydrogen-bond acceptors (Lipinski definition) is 2. The minimum Gasteiger partial charge on any atom is -0.348 e. The maximum atomic E-state index is 12.7. The van der Waals surface area contributed by atoms with Crippen LogP contribution in [0.15, 0.2) is 60.7 Å². The zero-order valence-electron chi connectivity index (χ0n) is 14.2. The van der Waals surface area contributed by atoms with E-state index in [1.807, 2.05) is 60.7 Å². The maximum absolute atomic E-state index is 12.7. The molecule has 2 atom stereocenters. The fourth-order valence-electron chi connectivity index (χ4n) is 3.72. The van der Waals surface area contributed by atoms with Gasteiger partial charge in [0.15, 0.2) is 0 Å². The molecule has 1 aliphatic carbocycles. The Balaban J connectivity index is 1.91. The number of benzene rings is 2. The highest BCUT2D eigenvalue weighted by Crippen LogP contribution is 2.42. The molecule has 24 heavy (non-hydrogen) atoms. The van der Waals surface area contributed by atoms with Gasteiger partial charge >= 0.3 is 0 Å². The Morgan fingerprint density at radius 2 is 1.58 bits per heavy atom. The van der Waals surface area contributed by atoms with Crippen LogP contribution in [0, 0.1) is 5.41 Å². The van der Waals surface area contributed by atoms with E-state index in [0.717, 1.165) is 5.56 Å². The monoisotopic (exact) mass is 321 g/mol. The Morgan fingerprint density at radius 1 is 1.00 bits per heavy atom. The molecule has 1 saturated carbocycles. The summed E-state index contributed by atoms with van der Waals surface area (Å²) in [7, 11) is 0. The Bertz CT molecular complexity index is 722. The summed E-state index contributed by atoms with van der Waals surface area (Å²) in [5.74, 6) is 0.193. The van der Waals surface area contributed by atoms with Gasteiger partial charge in [0.1, 0.15) is 5.78 Å². The molecule has 0 spiro atoms. The molecule has 1 N–H and O–H groups in total. The molecule has 0 saturated heterocycles. The number of amides is 1. The van der Waals surface area contributed by atoms with Crippen molar-refractivity contribution < 1.29 is 9.59 Å². The standard InChI is InChI=1S/C21H23NO2/c1-21(2)14-17(23)13-18(15-9-5-3-6-10-15)19(21)22-20(24)16-11-7-4-8-12-16/h3-12,18-19H,13-14H2,1-2H3,(H,22,24)/t18-,19-/m0/s1. The average molecular weight is 321 g/mol. The van der Waals surface area contributed by atoms with Crippen molar-refractivity contribution in [3.8, 4) is 0 Å². The molecule has 1 aliphatic rings. The van der Waals surface area contributed by atoms with E-state index in [-0.39, 0.29) is 29.1 Å². The molecule has 3 nitrogen and oxygen atoms in total.